The van der Waals surface area contributed by atoms with Crippen LogP contribution in [0.15, 0.2) is 24.4 Å². The second-order valence-corrected chi connectivity index (χ2v) is 4.03. The van der Waals surface area contributed by atoms with Crippen molar-refractivity contribution in [3.63, 3.8) is 0 Å². The molecule has 0 saturated heterocycles. The lowest BCUT2D eigenvalue weighted by Gasteiger charge is -2.07. The van der Waals surface area contributed by atoms with E-state index >= 15 is 0 Å². The zero-order valence-corrected chi connectivity index (χ0v) is 9.34. The van der Waals surface area contributed by atoms with Gasteiger partial charge in [-0.05, 0) is 25.0 Å². The fraction of sp³-hybridized carbons (Fsp3) is 0.333. The van der Waals surface area contributed by atoms with Crippen LogP contribution in [-0.2, 0) is 4.79 Å². The summed E-state index contributed by atoms with van der Waals surface area (Å²) in [5.74, 6) is -0.792. The average Bonchev–Trinajstić information content (AvgIpc) is 2.52. The number of rotatable bonds is 3. The van der Waals surface area contributed by atoms with Crippen molar-refractivity contribution < 1.29 is 9.90 Å². The summed E-state index contributed by atoms with van der Waals surface area (Å²) in [5, 5.41) is 13.2. The molecule has 0 bridgehead atoms. The van der Waals surface area contributed by atoms with Crippen LogP contribution in [0, 0.1) is 6.92 Å². The third kappa shape index (κ3) is 1.78. The van der Waals surface area contributed by atoms with Crippen LogP contribution in [0.25, 0.3) is 5.52 Å². The maximum absolute atomic E-state index is 10.7. The number of pyridine rings is 1. The fourth-order valence-corrected chi connectivity index (χ4v) is 2.11. The lowest BCUT2D eigenvalue weighted by Crippen LogP contribution is -2.03. The first-order valence-corrected chi connectivity index (χ1v) is 5.25. The Morgan fingerprint density at radius 2 is 2.31 bits per heavy atom. The molecule has 0 radical (unpaired) electrons. The van der Waals surface area contributed by atoms with E-state index in [1.165, 1.54) is 0 Å². The van der Waals surface area contributed by atoms with Gasteiger partial charge in [-0.15, -0.1) is 0 Å². The first-order chi connectivity index (χ1) is 7.59. The average molecular weight is 218 g/mol. The standard InChI is InChI=1S/C12H14N2O2/c1-8(7-11(15)16)12-9(2)13-14-6-4-3-5-10(12)14/h3-6,8H,7H2,1-2H3,(H,15,16). The van der Waals surface area contributed by atoms with Crippen molar-refractivity contribution in [3.8, 4) is 0 Å². The molecule has 0 aromatic carbocycles. The van der Waals surface area contributed by atoms with Crippen molar-refractivity contribution >= 4 is 11.5 Å². The second kappa shape index (κ2) is 3.96. The molecule has 0 fully saturated rings. The van der Waals surface area contributed by atoms with E-state index in [1.54, 1.807) is 4.52 Å². The number of carbonyl (C=O) groups is 1. The van der Waals surface area contributed by atoms with Crippen molar-refractivity contribution in [3.05, 3.63) is 35.7 Å². The Hall–Kier alpha value is -1.84. The maximum atomic E-state index is 10.7. The Balaban J connectivity index is 2.50. The minimum atomic E-state index is -0.776. The summed E-state index contributed by atoms with van der Waals surface area (Å²) in [6.45, 7) is 3.84. The van der Waals surface area contributed by atoms with Gasteiger partial charge in [0, 0.05) is 11.8 Å². The monoisotopic (exact) mass is 218 g/mol. The Bertz CT molecular complexity index is 531. The number of aromatic nitrogens is 2. The molecule has 0 aliphatic carbocycles. The Morgan fingerprint density at radius 3 is 3.00 bits per heavy atom. The topological polar surface area (TPSA) is 54.6 Å². The molecule has 0 saturated carbocycles. The molecule has 2 aromatic heterocycles. The molecule has 2 rings (SSSR count). The number of hydrogen-bond acceptors (Lipinski definition) is 2. The fourth-order valence-electron chi connectivity index (χ4n) is 2.11. The van der Waals surface area contributed by atoms with Gasteiger partial charge in [-0.3, -0.25) is 4.79 Å². The molecular formula is C12H14N2O2. The Morgan fingerprint density at radius 1 is 1.56 bits per heavy atom. The third-order valence-corrected chi connectivity index (χ3v) is 2.74. The molecule has 4 nitrogen and oxygen atoms in total. The molecule has 4 heteroatoms. The quantitative estimate of drug-likeness (QED) is 0.859. The van der Waals surface area contributed by atoms with E-state index in [0.29, 0.717) is 0 Å². The Labute approximate surface area is 93.5 Å². The van der Waals surface area contributed by atoms with Gasteiger partial charge < -0.3 is 5.11 Å². The van der Waals surface area contributed by atoms with Gasteiger partial charge in [-0.2, -0.15) is 5.10 Å². The molecule has 2 aromatic rings. The van der Waals surface area contributed by atoms with Crippen LogP contribution in [0.4, 0.5) is 0 Å². The van der Waals surface area contributed by atoms with Gasteiger partial charge >= 0.3 is 5.97 Å². The molecule has 0 aliphatic rings. The number of aryl methyl sites for hydroxylation is 1. The maximum Gasteiger partial charge on any atom is 0.303 e. The highest BCUT2D eigenvalue weighted by molar-refractivity contribution is 5.69. The molecule has 16 heavy (non-hydrogen) atoms. The van der Waals surface area contributed by atoms with E-state index in [1.807, 2.05) is 38.2 Å². The van der Waals surface area contributed by atoms with E-state index in [-0.39, 0.29) is 12.3 Å². The van der Waals surface area contributed by atoms with Crippen LogP contribution in [0.1, 0.15) is 30.5 Å². The molecule has 1 unspecified atom stereocenters. The van der Waals surface area contributed by atoms with Crippen molar-refractivity contribution in [2.24, 2.45) is 0 Å². The predicted molar refractivity (Wildman–Crippen MR) is 60.6 cm³/mol. The van der Waals surface area contributed by atoms with E-state index in [0.717, 1.165) is 16.8 Å². The largest absolute Gasteiger partial charge is 0.481 e. The molecule has 2 heterocycles. The predicted octanol–water partition coefficient (Wildman–Crippen LogP) is 2.22. The smallest absolute Gasteiger partial charge is 0.303 e. The van der Waals surface area contributed by atoms with Crippen molar-refractivity contribution in [1.29, 1.82) is 0 Å². The van der Waals surface area contributed by atoms with Gasteiger partial charge in [0.25, 0.3) is 0 Å². The lowest BCUT2D eigenvalue weighted by atomic mass is 9.97. The second-order valence-electron chi connectivity index (χ2n) is 4.03. The minimum absolute atomic E-state index is 0.0163. The molecule has 84 valence electrons. The van der Waals surface area contributed by atoms with Crippen molar-refractivity contribution in [2.75, 3.05) is 0 Å². The van der Waals surface area contributed by atoms with Crippen LogP contribution in [0.2, 0.25) is 0 Å². The number of aliphatic carboxylic acids is 1. The molecule has 1 atom stereocenters. The highest BCUT2D eigenvalue weighted by Gasteiger charge is 2.17. The van der Waals surface area contributed by atoms with Gasteiger partial charge in [-0.25, -0.2) is 4.52 Å². The van der Waals surface area contributed by atoms with Gasteiger partial charge in [0.15, 0.2) is 0 Å². The normalized spacial score (nSPS) is 12.9. The molecule has 0 aliphatic heterocycles. The number of fused-ring (bicyclic) bond motifs is 1. The number of nitrogens with zero attached hydrogens (tertiary/aromatic N) is 2. The summed E-state index contributed by atoms with van der Waals surface area (Å²) >= 11 is 0. The van der Waals surface area contributed by atoms with Crippen LogP contribution in [0.3, 0.4) is 0 Å². The van der Waals surface area contributed by atoms with Gasteiger partial charge in [0.2, 0.25) is 0 Å². The van der Waals surface area contributed by atoms with Crippen LogP contribution >= 0.6 is 0 Å². The number of carboxylic acids is 1. The molecular weight excluding hydrogens is 204 g/mol. The van der Waals surface area contributed by atoms with Gasteiger partial charge in [0.05, 0.1) is 17.6 Å². The first-order valence-electron chi connectivity index (χ1n) is 5.25. The summed E-state index contributed by atoms with van der Waals surface area (Å²) in [5.41, 5.74) is 2.93. The highest BCUT2D eigenvalue weighted by Crippen LogP contribution is 2.26. The zero-order valence-electron chi connectivity index (χ0n) is 9.34. The molecule has 1 N–H and O–H groups in total. The summed E-state index contributed by atoms with van der Waals surface area (Å²) in [4.78, 5) is 10.7. The summed E-state index contributed by atoms with van der Waals surface area (Å²) in [6, 6.07) is 5.81. The minimum Gasteiger partial charge on any atom is -0.481 e. The van der Waals surface area contributed by atoms with E-state index in [2.05, 4.69) is 5.10 Å². The molecule has 0 spiro atoms. The number of carboxylic acid groups (broad SMARTS) is 1. The summed E-state index contributed by atoms with van der Waals surface area (Å²) in [6.07, 6.45) is 2.01. The number of hydrogen-bond donors (Lipinski definition) is 1. The van der Waals surface area contributed by atoms with Crippen LogP contribution in [0.5, 0.6) is 0 Å². The van der Waals surface area contributed by atoms with E-state index in [9.17, 15) is 4.79 Å². The summed E-state index contributed by atoms with van der Waals surface area (Å²) in [7, 11) is 0. The lowest BCUT2D eigenvalue weighted by molar-refractivity contribution is -0.137. The van der Waals surface area contributed by atoms with Crippen molar-refractivity contribution in [1.82, 2.24) is 9.61 Å². The van der Waals surface area contributed by atoms with Gasteiger partial charge in [0.1, 0.15) is 0 Å². The first kappa shape index (κ1) is 10.7. The van der Waals surface area contributed by atoms with Crippen LogP contribution in [-0.4, -0.2) is 20.7 Å². The van der Waals surface area contributed by atoms with Crippen molar-refractivity contribution in [2.45, 2.75) is 26.2 Å². The van der Waals surface area contributed by atoms with E-state index in [4.69, 9.17) is 5.11 Å². The highest BCUT2D eigenvalue weighted by atomic mass is 16.4. The van der Waals surface area contributed by atoms with Gasteiger partial charge in [-0.1, -0.05) is 13.0 Å². The third-order valence-electron chi connectivity index (χ3n) is 2.74. The SMILES string of the molecule is Cc1nn2ccccc2c1C(C)CC(=O)O. The van der Waals surface area contributed by atoms with E-state index < -0.39 is 5.97 Å². The molecule has 0 amide bonds. The Kier molecular flexibility index (Phi) is 2.64. The van der Waals surface area contributed by atoms with Crippen LogP contribution < -0.4 is 0 Å². The summed E-state index contributed by atoms with van der Waals surface area (Å²) < 4.78 is 1.79. The zero-order chi connectivity index (χ0) is 11.7.